The second-order valence-corrected chi connectivity index (χ2v) is 4.51. The van der Waals surface area contributed by atoms with E-state index >= 15 is 0 Å². The average molecular weight is 267 g/mol. The van der Waals surface area contributed by atoms with Crippen molar-refractivity contribution in [3.8, 4) is 0 Å². The molecule has 1 aromatic rings. The summed E-state index contributed by atoms with van der Waals surface area (Å²) >= 11 is 1.62. The molecule has 0 saturated carbocycles. The average Bonchev–Trinajstić information content (AvgIpc) is 2.39. The number of hydrogen-bond acceptors (Lipinski definition) is 4. The van der Waals surface area contributed by atoms with Crippen LogP contribution in [0.25, 0.3) is 0 Å². The zero-order chi connectivity index (χ0) is 13.4. The van der Waals surface area contributed by atoms with Crippen LogP contribution in [0.3, 0.4) is 0 Å². The van der Waals surface area contributed by atoms with Gasteiger partial charge in [0.25, 0.3) is 0 Å². The van der Waals surface area contributed by atoms with Crippen LogP contribution in [-0.2, 0) is 20.7 Å². The molecule has 0 heterocycles. The van der Waals surface area contributed by atoms with Crippen LogP contribution < -0.4 is 5.32 Å². The highest BCUT2D eigenvalue weighted by atomic mass is 32.2. The Hall–Kier alpha value is -1.49. The first-order valence-electron chi connectivity index (χ1n) is 5.62. The summed E-state index contributed by atoms with van der Waals surface area (Å²) in [4.78, 5) is 23.7. The molecule has 98 valence electrons. The van der Waals surface area contributed by atoms with Gasteiger partial charge >= 0.3 is 5.97 Å². The van der Waals surface area contributed by atoms with Crippen molar-refractivity contribution in [3.63, 3.8) is 0 Å². The molecule has 1 N–H and O–H groups in total. The third kappa shape index (κ3) is 4.79. The molecule has 1 amide bonds. The Kier molecular flexibility index (Phi) is 6.28. The van der Waals surface area contributed by atoms with Gasteiger partial charge in [-0.15, -0.1) is 11.8 Å². The molecular formula is C13H17NO3S. The SMILES string of the molecule is COC(=O)CCNC(=O)Cc1ccccc1SC. The summed E-state index contributed by atoms with van der Waals surface area (Å²) in [5.41, 5.74) is 1.00. The number of benzene rings is 1. The lowest BCUT2D eigenvalue weighted by Gasteiger charge is -2.07. The summed E-state index contributed by atoms with van der Waals surface area (Å²) in [7, 11) is 1.33. The molecule has 0 saturated heterocycles. The Morgan fingerprint density at radius 1 is 1.33 bits per heavy atom. The molecule has 0 aliphatic heterocycles. The van der Waals surface area contributed by atoms with Gasteiger partial charge in [0.2, 0.25) is 5.91 Å². The number of carbonyl (C=O) groups is 2. The van der Waals surface area contributed by atoms with Crippen LogP contribution in [0.1, 0.15) is 12.0 Å². The Labute approximate surface area is 111 Å². The van der Waals surface area contributed by atoms with Gasteiger partial charge < -0.3 is 10.1 Å². The molecule has 1 aromatic carbocycles. The van der Waals surface area contributed by atoms with E-state index in [4.69, 9.17) is 0 Å². The second-order valence-electron chi connectivity index (χ2n) is 3.66. The molecule has 0 radical (unpaired) electrons. The number of hydrogen-bond donors (Lipinski definition) is 1. The van der Waals surface area contributed by atoms with Crippen LogP contribution in [-0.4, -0.2) is 31.8 Å². The van der Waals surface area contributed by atoms with E-state index in [2.05, 4.69) is 10.1 Å². The van der Waals surface area contributed by atoms with Crippen LogP contribution in [0.5, 0.6) is 0 Å². The van der Waals surface area contributed by atoms with Crippen molar-refractivity contribution in [2.45, 2.75) is 17.7 Å². The number of carbonyl (C=O) groups excluding carboxylic acids is 2. The monoisotopic (exact) mass is 267 g/mol. The van der Waals surface area contributed by atoms with Crippen LogP contribution in [0.15, 0.2) is 29.2 Å². The third-order valence-electron chi connectivity index (χ3n) is 2.42. The number of ether oxygens (including phenoxy) is 1. The summed E-state index contributed by atoms with van der Waals surface area (Å²) in [6, 6.07) is 7.79. The van der Waals surface area contributed by atoms with Crippen LogP contribution in [0.4, 0.5) is 0 Å². The zero-order valence-electron chi connectivity index (χ0n) is 10.6. The van der Waals surface area contributed by atoms with Crippen LogP contribution in [0, 0.1) is 0 Å². The van der Waals surface area contributed by atoms with E-state index in [-0.39, 0.29) is 18.3 Å². The molecule has 0 aliphatic rings. The van der Waals surface area contributed by atoms with Crippen LogP contribution >= 0.6 is 11.8 Å². The van der Waals surface area contributed by atoms with Gasteiger partial charge in [0, 0.05) is 11.4 Å². The maximum atomic E-state index is 11.7. The summed E-state index contributed by atoms with van der Waals surface area (Å²) in [5.74, 6) is -0.403. The summed E-state index contributed by atoms with van der Waals surface area (Å²) in [6.07, 6.45) is 2.51. The summed E-state index contributed by atoms with van der Waals surface area (Å²) in [5, 5.41) is 2.70. The molecule has 0 bridgehead atoms. The van der Waals surface area contributed by atoms with E-state index < -0.39 is 0 Å². The molecule has 0 spiro atoms. The summed E-state index contributed by atoms with van der Waals surface area (Å²) < 4.78 is 4.49. The molecule has 0 atom stereocenters. The summed E-state index contributed by atoms with van der Waals surface area (Å²) in [6.45, 7) is 0.312. The van der Waals surface area contributed by atoms with E-state index in [1.807, 2.05) is 30.5 Å². The fraction of sp³-hybridized carbons (Fsp3) is 0.385. The molecule has 5 heteroatoms. The van der Waals surface area contributed by atoms with Crippen molar-refractivity contribution in [2.24, 2.45) is 0 Å². The van der Waals surface area contributed by atoms with E-state index in [0.29, 0.717) is 13.0 Å². The molecule has 0 unspecified atom stereocenters. The fourth-order valence-corrected chi connectivity index (χ4v) is 2.11. The van der Waals surface area contributed by atoms with Gasteiger partial charge in [-0.25, -0.2) is 0 Å². The number of methoxy groups -OCH3 is 1. The Morgan fingerprint density at radius 2 is 2.06 bits per heavy atom. The van der Waals surface area contributed by atoms with Crippen molar-refractivity contribution >= 4 is 23.6 Å². The predicted molar refractivity (Wildman–Crippen MR) is 71.6 cm³/mol. The molecule has 18 heavy (non-hydrogen) atoms. The Balaban J connectivity index is 2.42. The molecule has 1 rings (SSSR count). The van der Waals surface area contributed by atoms with E-state index in [1.54, 1.807) is 11.8 Å². The Bertz CT molecular complexity index is 420. The normalized spacial score (nSPS) is 9.89. The predicted octanol–water partition coefficient (Wildman–Crippen LogP) is 1.63. The number of amides is 1. The first-order valence-corrected chi connectivity index (χ1v) is 6.85. The first-order chi connectivity index (χ1) is 8.67. The van der Waals surface area contributed by atoms with E-state index in [0.717, 1.165) is 10.5 Å². The van der Waals surface area contributed by atoms with E-state index in [1.165, 1.54) is 7.11 Å². The minimum Gasteiger partial charge on any atom is -0.469 e. The highest BCUT2D eigenvalue weighted by Crippen LogP contribution is 2.19. The van der Waals surface area contributed by atoms with E-state index in [9.17, 15) is 9.59 Å². The van der Waals surface area contributed by atoms with Gasteiger partial charge in [-0.05, 0) is 17.9 Å². The first kappa shape index (κ1) is 14.6. The maximum absolute atomic E-state index is 11.7. The van der Waals surface area contributed by atoms with Crippen molar-refractivity contribution in [2.75, 3.05) is 19.9 Å². The third-order valence-corrected chi connectivity index (χ3v) is 3.26. The van der Waals surface area contributed by atoms with Crippen LogP contribution in [0.2, 0.25) is 0 Å². The van der Waals surface area contributed by atoms with Gasteiger partial charge in [-0.1, -0.05) is 18.2 Å². The number of esters is 1. The van der Waals surface area contributed by atoms with Gasteiger partial charge in [-0.3, -0.25) is 9.59 Å². The van der Waals surface area contributed by atoms with Crippen molar-refractivity contribution < 1.29 is 14.3 Å². The highest BCUT2D eigenvalue weighted by Gasteiger charge is 2.07. The largest absolute Gasteiger partial charge is 0.469 e. The van der Waals surface area contributed by atoms with Crippen molar-refractivity contribution in [1.29, 1.82) is 0 Å². The highest BCUT2D eigenvalue weighted by molar-refractivity contribution is 7.98. The Morgan fingerprint density at radius 3 is 2.72 bits per heavy atom. The standard InChI is InChI=1S/C13H17NO3S/c1-17-13(16)7-8-14-12(15)9-10-5-3-4-6-11(10)18-2/h3-6H,7-9H2,1-2H3,(H,14,15). The molecule has 0 aliphatic carbocycles. The van der Waals surface area contributed by atoms with Crippen molar-refractivity contribution in [1.82, 2.24) is 5.32 Å². The number of rotatable bonds is 6. The lowest BCUT2D eigenvalue weighted by atomic mass is 10.1. The smallest absolute Gasteiger partial charge is 0.307 e. The quantitative estimate of drug-likeness (QED) is 0.629. The fourth-order valence-electron chi connectivity index (χ4n) is 1.49. The van der Waals surface area contributed by atoms with Gasteiger partial charge in [0.1, 0.15) is 0 Å². The van der Waals surface area contributed by atoms with Crippen molar-refractivity contribution in [3.05, 3.63) is 29.8 Å². The van der Waals surface area contributed by atoms with Gasteiger partial charge in [-0.2, -0.15) is 0 Å². The molecule has 4 nitrogen and oxygen atoms in total. The topological polar surface area (TPSA) is 55.4 Å². The number of thioether (sulfide) groups is 1. The van der Waals surface area contributed by atoms with Gasteiger partial charge in [0.15, 0.2) is 0 Å². The lowest BCUT2D eigenvalue weighted by Crippen LogP contribution is -2.27. The zero-order valence-corrected chi connectivity index (χ0v) is 11.4. The molecular weight excluding hydrogens is 250 g/mol. The second kappa shape index (κ2) is 7.76. The minimum absolute atomic E-state index is 0.0830. The minimum atomic E-state index is -0.320. The van der Waals surface area contributed by atoms with Gasteiger partial charge in [0.05, 0.1) is 20.0 Å². The maximum Gasteiger partial charge on any atom is 0.307 e. The number of nitrogens with one attached hydrogen (secondary N) is 1. The lowest BCUT2D eigenvalue weighted by molar-refractivity contribution is -0.140. The molecule has 0 aromatic heterocycles. The molecule has 0 fully saturated rings.